The molecule has 0 saturated carbocycles. The number of ether oxygens (including phenoxy) is 4. The molecule has 0 atom stereocenters. The number of benzene rings is 3. The van der Waals surface area contributed by atoms with Crippen molar-refractivity contribution in [3.05, 3.63) is 54.6 Å². The minimum Gasteiger partial charge on any atom is -0.506 e. The number of hydrogen-bond donors (Lipinski definition) is 1. The Hall–Kier alpha value is -3.34. The molecule has 4 rings (SSSR count). The first kappa shape index (κ1) is 16.1. The van der Waals surface area contributed by atoms with Gasteiger partial charge in [0.1, 0.15) is 11.5 Å². The van der Waals surface area contributed by atoms with Crippen LogP contribution in [0.5, 0.6) is 28.7 Å². The van der Waals surface area contributed by atoms with Crippen LogP contribution < -0.4 is 18.9 Å². The Kier molecular flexibility index (Phi) is 4.05. The number of rotatable bonds is 4. The predicted octanol–water partition coefficient (Wildman–Crippen LogP) is 4.47. The van der Waals surface area contributed by atoms with Gasteiger partial charge in [0.05, 0.1) is 25.3 Å². The summed E-state index contributed by atoms with van der Waals surface area (Å²) in [6.45, 7) is 0.0759. The molecule has 0 radical (unpaired) electrons. The van der Waals surface area contributed by atoms with E-state index in [9.17, 15) is 5.11 Å². The first-order valence-electron chi connectivity index (χ1n) is 8.17. The standard InChI is InChI=1S/C21H18O5/c1-23-15-10-8-14(9-11-15)17-18(22)16(13-6-4-3-5-7-13)19(24-2)21-20(17)25-12-26-21/h3-11,22H,12H2,1-2H3. The summed E-state index contributed by atoms with van der Waals surface area (Å²) in [5.74, 6) is 2.25. The first-order chi connectivity index (χ1) is 12.7. The molecule has 1 aliphatic rings. The molecule has 1 aliphatic heterocycles. The average molecular weight is 350 g/mol. The molecule has 3 aromatic rings. The molecule has 26 heavy (non-hydrogen) atoms. The molecule has 0 bridgehead atoms. The van der Waals surface area contributed by atoms with Gasteiger partial charge in [0.25, 0.3) is 0 Å². The van der Waals surface area contributed by atoms with Crippen molar-refractivity contribution in [3.63, 3.8) is 0 Å². The van der Waals surface area contributed by atoms with Crippen LogP contribution in [0.2, 0.25) is 0 Å². The minimum atomic E-state index is 0.0759. The molecule has 1 N–H and O–H groups in total. The third kappa shape index (κ3) is 2.49. The van der Waals surface area contributed by atoms with E-state index < -0.39 is 0 Å². The summed E-state index contributed by atoms with van der Waals surface area (Å²) in [7, 11) is 3.16. The monoisotopic (exact) mass is 350 g/mol. The smallest absolute Gasteiger partial charge is 0.231 e. The number of hydrogen-bond acceptors (Lipinski definition) is 5. The van der Waals surface area contributed by atoms with E-state index >= 15 is 0 Å². The normalized spacial score (nSPS) is 12.1. The number of phenolic OH excluding ortho intramolecular Hbond substituents is 1. The molecule has 0 fully saturated rings. The van der Waals surface area contributed by atoms with Gasteiger partial charge >= 0.3 is 0 Å². The second-order valence-electron chi connectivity index (χ2n) is 5.79. The zero-order valence-corrected chi connectivity index (χ0v) is 14.5. The molecule has 0 aliphatic carbocycles. The van der Waals surface area contributed by atoms with Gasteiger partial charge in [-0.15, -0.1) is 0 Å². The Morgan fingerprint density at radius 3 is 2.08 bits per heavy atom. The lowest BCUT2D eigenvalue weighted by atomic mass is 9.94. The van der Waals surface area contributed by atoms with Crippen molar-refractivity contribution in [2.24, 2.45) is 0 Å². The van der Waals surface area contributed by atoms with Crippen LogP contribution >= 0.6 is 0 Å². The Morgan fingerprint density at radius 1 is 0.769 bits per heavy atom. The number of methoxy groups -OCH3 is 2. The van der Waals surface area contributed by atoms with Gasteiger partial charge in [0.2, 0.25) is 12.5 Å². The highest BCUT2D eigenvalue weighted by Gasteiger charge is 2.31. The Bertz CT molecular complexity index is 933. The lowest BCUT2D eigenvalue weighted by Gasteiger charge is -2.18. The van der Waals surface area contributed by atoms with E-state index in [1.165, 1.54) is 0 Å². The van der Waals surface area contributed by atoms with Crippen molar-refractivity contribution in [2.75, 3.05) is 21.0 Å². The first-order valence-corrected chi connectivity index (χ1v) is 8.17. The maximum Gasteiger partial charge on any atom is 0.231 e. The summed E-state index contributed by atoms with van der Waals surface area (Å²) in [6.07, 6.45) is 0. The molecule has 1 heterocycles. The van der Waals surface area contributed by atoms with Crippen molar-refractivity contribution >= 4 is 0 Å². The molecule has 0 aromatic heterocycles. The summed E-state index contributed by atoms with van der Waals surface area (Å²) in [4.78, 5) is 0. The topological polar surface area (TPSA) is 57.2 Å². The Balaban J connectivity index is 2.01. The molecule has 132 valence electrons. The van der Waals surface area contributed by atoms with Gasteiger partial charge < -0.3 is 24.1 Å². The molecule has 0 unspecified atom stereocenters. The molecule has 5 nitrogen and oxygen atoms in total. The highest BCUT2D eigenvalue weighted by molar-refractivity contribution is 5.93. The highest BCUT2D eigenvalue weighted by atomic mass is 16.7. The minimum absolute atomic E-state index is 0.0759. The highest BCUT2D eigenvalue weighted by Crippen LogP contribution is 2.57. The van der Waals surface area contributed by atoms with E-state index in [4.69, 9.17) is 18.9 Å². The third-order valence-electron chi connectivity index (χ3n) is 4.39. The fourth-order valence-corrected chi connectivity index (χ4v) is 3.18. The van der Waals surface area contributed by atoms with Crippen molar-refractivity contribution in [3.8, 4) is 51.0 Å². The lowest BCUT2D eigenvalue weighted by molar-refractivity contribution is 0.171. The van der Waals surface area contributed by atoms with Crippen molar-refractivity contribution < 1.29 is 24.1 Å². The van der Waals surface area contributed by atoms with Crippen LogP contribution in [-0.2, 0) is 0 Å². The van der Waals surface area contributed by atoms with Gasteiger partial charge in [0.15, 0.2) is 11.5 Å². The summed E-state index contributed by atoms with van der Waals surface area (Å²) in [6, 6.07) is 17.0. The van der Waals surface area contributed by atoms with Crippen molar-refractivity contribution in [1.82, 2.24) is 0 Å². The van der Waals surface area contributed by atoms with Crippen molar-refractivity contribution in [1.29, 1.82) is 0 Å². The number of fused-ring (bicyclic) bond motifs is 1. The molecule has 0 amide bonds. The summed E-state index contributed by atoms with van der Waals surface area (Å²) in [5, 5.41) is 11.2. The van der Waals surface area contributed by atoms with Crippen LogP contribution in [0.3, 0.4) is 0 Å². The fraction of sp³-hybridized carbons (Fsp3) is 0.143. The molecule has 5 heteroatoms. The molecule has 0 spiro atoms. The lowest BCUT2D eigenvalue weighted by Crippen LogP contribution is -1.94. The van der Waals surface area contributed by atoms with Crippen molar-refractivity contribution in [2.45, 2.75) is 0 Å². The Labute approximate surface area is 151 Å². The van der Waals surface area contributed by atoms with E-state index in [2.05, 4.69) is 0 Å². The molecular weight excluding hydrogens is 332 g/mol. The number of phenols is 1. The third-order valence-corrected chi connectivity index (χ3v) is 4.39. The predicted molar refractivity (Wildman–Crippen MR) is 98.2 cm³/mol. The van der Waals surface area contributed by atoms with E-state index in [1.54, 1.807) is 14.2 Å². The van der Waals surface area contributed by atoms with Gasteiger partial charge in [-0.1, -0.05) is 42.5 Å². The van der Waals surface area contributed by atoms with E-state index in [0.29, 0.717) is 28.4 Å². The molecule has 0 saturated heterocycles. The largest absolute Gasteiger partial charge is 0.506 e. The quantitative estimate of drug-likeness (QED) is 0.752. The van der Waals surface area contributed by atoms with Gasteiger partial charge in [-0.05, 0) is 23.3 Å². The zero-order chi connectivity index (χ0) is 18.1. The van der Waals surface area contributed by atoms with Crippen LogP contribution in [0.4, 0.5) is 0 Å². The maximum atomic E-state index is 11.2. The number of aromatic hydroxyl groups is 1. The van der Waals surface area contributed by atoms with Gasteiger partial charge in [0, 0.05) is 0 Å². The van der Waals surface area contributed by atoms with Crippen LogP contribution in [0.1, 0.15) is 0 Å². The van der Waals surface area contributed by atoms with Gasteiger partial charge in [-0.25, -0.2) is 0 Å². The SMILES string of the molecule is COc1ccc(-c2c(O)c(-c3ccccc3)c(OC)c3c2OCO3)cc1. The summed E-state index contributed by atoms with van der Waals surface area (Å²) >= 11 is 0. The average Bonchev–Trinajstić information content (AvgIpc) is 3.17. The van der Waals surface area contributed by atoms with Crippen LogP contribution in [0.25, 0.3) is 22.3 Å². The zero-order valence-electron chi connectivity index (χ0n) is 14.5. The molecule has 3 aromatic carbocycles. The van der Waals surface area contributed by atoms with Crippen LogP contribution in [-0.4, -0.2) is 26.1 Å². The van der Waals surface area contributed by atoms with Gasteiger partial charge in [-0.2, -0.15) is 0 Å². The Morgan fingerprint density at radius 2 is 1.42 bits per heavy atom. The summed E-state index contributed by atoms with van der Waals surface area (Å²) < 4.78 is 22.1. The fourth-order valence-electron chi connectivity index (χ4n) is 3.18. The van der Waals surface area contributed by atoms with Crippen LogP contribution in [0, 0.1) is 0 Å². The van der Waals surface area contributed by atoms with Crippen LogP contribution in [0.15, 0.2) is 54.6 Å². The van der Waals surface area contributed by atoms with Gasteiger partial charge in [-0.3, -0.25) is 0 Å². The maximum absolute atomic E-state index is 11.2. The van der Waals surface area contributed by atoms with E-state index in [0.717, 1.165) is 16.9 Å². The summed E-state index contributed by atoms with van der Waals surface area (Å²) in [5.41, 5.74) is 2.77. The van der Waals surface area contributed by atoms with E-state index in [-0.39, 0.29) is 12.5 Å². The molecular formula is C21H18O5. The second kappa shape index (κ2) is 6.52. The van der Waals surface area contributed by atoms with E-state index in [1.807, 2.05) is 54.6 Å². The second-order valence-corrected chi connectivity index (χ2v) is 5.79.